The van der Waals surface area contributed by atoms with Crippen LogP contribution in [0.2, 0.25) is 0 Å². The summed E-state index contributed by atoms with van der Waals surface area (Å²) in [5.41, 5.74) is 1.90. The summed E-state index contributed by atoms with van der Waals surface area (Å²) in [6.45, 7) is 2.79. The van der Waals surface area contributed by atoms with Crippen molar-refractivity contribution in [3.05, 3.63) is 94.2 Å². The van der Waals surface area contributed by atoms with Gasteiger partial charge in [-0.2, -0.15) is 0 Å². The van der Waals surface area contributed by atoms with Gasteiger partial charge in [-0.15, -0.1) is 0 Å². The largest absolute Gasteiger partial charge is 2.00 e. The molecule has 10 radical (unpaired) electrons. The number of carbonyl (C=O) groups is 1. The Morgan fingerprint density at radius 3 is 2.41 bits per heavy atom. The maximum atomic E-state index is 11.9. The zero-order valence-electron chi connectivity index (χ0n) is 18.4. The van der Waals surface area contributed by atoms with Gasteiger partial charge in [-0.1, -0.05) is 6.07 Å². The van der Waals surface area contributed by atoms with Crippen LogP contribution in [-0.4, -0.2) is 30.6 Å². The molecular weight excluding hydrogens is 442 g/mol. The molecule has 0 saturated heterocycles. The molecule has 2 aliphatic carbocycles. The summed E-state index contributed by atoms with van der Waals surface area (Å²) >= 11 is 0. The van der Waals surface area contributed by atoms with Gasteiger partial charge < -0.3 is 15.4 Å². The Balaban J connectivity index is 0.000000534. The van der Waals surface area contributed by atoms with Gasteiger partial charge in [0.05, 0.1) is 24.2 Å². The van der Waals surface area contributed by atoms with Gasteiger partial charge in [0, 0.05) is 30.2 Å². The average Bonchev–Trinajstić information content (AvgIpc) is 3.53. The molecule has 1 atom stereocenters. The van der Waals surface area contributed by atoms with E-state index in [9.17, 15) is 4.79 Å². The van der Waals surface area contributed by atoms with Gasteiger partial charge in [-0.05, 0) is 89.7 Å². The predicted octanol–water partition coefficient (Wildman–Crippen LogP) is 4.36. The topological polar surface area (TPSA) is 63.2 Å². The number of hydrogen-bond donors (Lipinski definition) is 2. The maximum absolute atomic E-state index is 11.9. The number of pyridine rings is 1. The number of carbonyl (C=O) groups excluding carboxylic acids is 1. The Morgan fingerprint density at radius 2 is 1.75 bits per heavy atom. The van der Waals surface area contributed by atoms with Crippen LogP contribution in [-0.2, 0) is 21.9 Å². The van der Waals surface area contributed by atoms with Crippen molar-refractivity contribution < 1.29 is 26.6 Å². The number of ether oxygens (including phenoxy) is 1. The van der Waals surface area contributed by atoms with Crippen molar-refractivity contribution in [2.45, 2.75) is 25.8 Å². The fraction of sp³-hybridized carbons (Fsp3) is 0.231. The van der Waals surface area contributed by atoms with E-state index >= 15 is 0 Å². The number of nitrogens with one attached hydrogen (secondary N) is 2. The van der Waals surface area contributed by atoms with Gasteiger partial charge in [0.1, 0.15) is 5.75 Å². The zero-order valence-corrected chi connectivity index (χ0v) is 19.5. The zero-order chi connectivity index (χ0) is 21.9. The van der Waals surface area contributed by atoms with E-state index in [2.05, 4.69) is 22.5 Å². The number of hydrogen-bond acceptors (Lipinski definition) is 4. The number of anilines is 1. The van der Waals surface area contributed by atoms with Crippen LogP contribution in [0.25, 0.3) is 10.9 Å². The maximum Gasteiger partial charge on any atom is 2.00 e. The van der Waals surface area contributed by atoms with E-state index in [1.165, 1.54) is 0 Å². The minimum atomic E-state index is -0.0152. The Hall–Kier alpha value is -1.78. The molecule has 1 aromatic heterocycles. The molecule has 166 valence electrons. The smallest absolute Gasteiger partial charge is 0.497 e. The second kappa shape index (κ2) is 14.4. The van der Waals surface area contributed by atoms with E-state index in [1.807, 2.05) is 82.1 Å². The second-order valence-electron chi connectivity index (χ2n) is 7.33. The summed E-state index contributed by atoms with van der Waals surface area (Å²) < 4.78 is 5.39. The van der Waals surface area contributed by atoms with Crippen LogP contribution in [0.1, 0.15) is 19.8 Å². The average molecular weight is 471 g/mol. The van der Waals surface area contributed by atoms with Gasteiger partial charge in [0.25, 0.3) is 0 Å². The summed E-state index contributed by atoms with van der Waals surface area (Å²) in [5, 5.41) is 7.52. The minimum absolute atomic E-state index is 0. The number of fused-ring (bicyclic) bond motifs is 1. The van der Waals surface area contributed by atoms with Crippen molar-refractivity contribution in [1.29, 1.82) is 0 Å². The van der Waals surface area contributed by atoms with Crippen LogP contribution in [0.3, 0.4) is 0 Å². The molecular formula is C26H29FeN3O2+2. The van der Waals surface area contributed by atoms with Gasteiger partial charge in [-0.3, -0.25) is 9.78 Å². The van der Waals surface area contributed by atoms with Crippen molar-refractivity contribution in [3.63, 3.8) is 0 Å². The van der Waals surface area contributed by atoms with Crippen molar-refractivity contribution in [2.75, 3.05) is 19.0 Å². The molecule has 2 aliphatic rings. The first-order valence-electron chi connectivity index (χ1n) is 10.5. The quantitative estimate of drug-likeness (QED) is 0.444. The Kier molecular flexibility index (Phi) is 11.9. The fourth-order valence-electron chi connectivity index (χ4n) is 3.29. The van der Waals surface area contributed by atoms with Crippen LogP contribution < -0.4 is 15.4 Å². The first-order chi connectivity index (χ1) is 15.2. The van der Waals surface area contributed by atoms with E-state index in [1.54, 1.807) is 13.3 Å². The normalized spacial score (nSPS) is 16.6. The first kappa shape index (κ1) is 26.5. The van der Waals surface area contributed by atoms with Crippen molar-refractivity contribution in [1.82, 2.24) is 10.3 Å². The van der Waals surface area contributed by atoms with Crippen molar-refractivity contribution in [2.24, 2.45) is 0 Å². The summed E-state index contributed by atoms with van der Waals surface area (Å²) in [4.78, 5) is 16.4. The van der Waals surface area contributed by atoms with Crippen LogP contribution in [0, 0.1) is 63.7 Å². The number of nitrogens with zero attached hydrogens (tertiary/aromatic N) is 1. The number of amides is 1. The molecule has 0 aliphatic heterocycles. The molecule has 0 spiro atoms. The van der Waals surface area contributed by atoms with E-state index in [4.69, 9.17) is 4.74 Å². The molecule has 2 N–H and O–H groups in total. The van der Waals surface area contributed by atoms with Crippen molar-refractivity contribution in [3.8, 4) is 5.75 Å². The van der Waals surface area contributed by atoms with Gasteiger partial charge in [-0.25, -0.2) is 0 Å². The van der Waals surface area contributed by atoms with Crippen LogP contribution in [0.4, 0.5) is 5.69 Å². The molecule has 6 heteroatoms. The predicted molar refractivity (Wildman–Crippen MR) is 126 cm³/mol. The van der Waals surface area contributed by atoms with Gasteiger partial charge >= 0.3 is 17.1 Å². The third-order valence-corrected chi connectivity index (χ3v) is 4.90. The number of benzene rings is 1. The Bertz CT molecular complexity index is 812. The first-order valence-corrected chi connectivity index (χ1v) is 10.5. The van der Waals surface area contributed by atoms with E-state index in [0.29, 0.717) is 12.5 Å². The Labute approximate surface area is 204 Å². The molecule has 2 aromatic rings. The van der Waals surface area contributed by atoms with Crippen LogP contribution in [0.5, 0.6) is 5.75 Å². The summed E-state index contributed by atoms with van der Waals surface area (Å²) in [7, 11) is 1.67. The molecule has 2 fully saturated rings. The van der Waals surface area contributed by atoms with Gasteiger partial charge in [0.15, 0.2) is 0 Å². The monoisotopic (exact) mass is 471 g/mol. The number of rotatable bonds is 8. The molecule has 1 heterocycles. The SMILES string of the molecule is COc1cc(NC(C)CCCNC(=O)[C]2[CH][CH][CH][CH]2)c2ncccc2c1.[CH]1[CH][CH][CH][CH]1.[Fe+2]. The molecule has 1 amide bonds. The molecule has 4 rings (SSSR count). The second-order valence-corrected chi connectivity index (χ2v) is 7.33. The molecule has 1 unspecified atom stereocenters. The van der Waals surface area contributed by atoms with Crippen LogP contribution >= 0.6 is 0 Å². The number of methoxy groups -OCH3 is 1. The molecule has 0 bridgehead atoms. The minimum Gasteiger partial charge on any atom is -0.497 e. The Morgan fingerprint density at radius 1 is 1.06 bits per heavy atom. The summed E-state index contributed by atoms with van der Waals surface area (Å²) in [6, 6.07) is 8.16. The number of aromatic nitrogens is 1. The van der Waals surface area contributed by atoms with Gasteiger partial charge in [0.2, 0.25) is 5.91 Å². The summed E-state index contributed by atoms with van der Waals surface area (Å²) in [5.74, 6) is 1.51. The molecule has 5 nitrogen and oxygen atoms in total. The molecule has 2 saturated carbocycles. The van der Waals surface area contributed by atoms with E-state index in [-0.39, 0.29) is 29.0 Å². The third-order valence-electron chi connectivity index (χ3n) is 4.90. The fourth-order valence-corrected chi connectivity index (χ4v) is 3.29. The summed E-state index contributed by atoms with van der Waals surface area (Å²) in [6.07, 6.45) is 21.0. The molecule has 32 heavy (non-hydrogen) atoms. The third kappa shape index (κ3) is 8.29. The van der Waals surface area contributed by atoms with E-state index < -0.39 is 0 Å². The standard InChI is InChI=1S/C21H24N3O2.C5H5.Fe/c1-15(7-5-12-23-21(25)16-8-3-4-9-16)24-19-14-18(26-2)13-17-10-6-11-22-20(17)19;1-2-4-5-3-1;/h3-4,6,8-11,13-15,24H,5,7,12H2,1-2H3,(H,23,25);1-5H;/q;;+2. The van der Waals surface area contributed by atoms with Crippen LogP contribution in [0.15, 0.2) is 30.5 Å². The van der Waals surface area contributed by atoms with Crippen molar-refractivity contribution >= 4 is 22.5 Å². The van der Waals surface area contributed by atoms with E-state index in [0.717, 1.165) is 35.2 Å². The molecule has 1 aromatic carbocycles.